The van der Waals surface area contributed by atoms with E-state index in [1.165, 1.54) is 0 Å². The van der Waals surface area contributed by atoms with Gasteiger partial charge < -0.3 is 15.0 Å². The molecule has 1 aromatic heterocycles. The number of alkyl halides is 3. The topological polar surface area (TPSA) is 61.2 Å². The predicted octanol–water partition coefficient (Wildman–Crippen LogP) is 2.26. The fraction of sp³-hybridized carbons (Fsp3) is 0.538. The van der Waals surface area contributed by atoms with E-state index in [-0.39, 0.29) is 24.8 Å². The van der Waals surface area contributed by atoms with Crippen LogP contribution in [-0.2, 0) is 10.9 Å². The second kappa shape index (κ2) is 6.18. The van der Waals surface area contributed by atoms with Gasteiger partial charge in [-0.2, -0.15) is 18.4 Å². The van der Waals surface area contributed by atoms with Gasteiger partial charge in [0.05, 0.1) is 24.8 Å². The average Bonchev–Trinajstić information content (AvgIpc) is 2.46. The molecule has 8 heteroatoms. The number of anilines is 2. The maximum absolute atomic E-state index is 12.9. The quantitative estimate of drug-likeness (QED) is 0.928. The molecule has 1 atom stereocenters. The van der Waals surface area contributed by atoms with E-state index >= 15 is 0 Å². The summed E-state index contributed by atoms with van der Waals surface area (Å²) in [6.45, 7) is 3.14. The lowest BCUT2D eigenvalue weighted by atomic mass is 10.2. The summed E-state index contributed by atoms with van der Waals surface area (Å²) in [5.74, 6) is 0.367. The van der Waals surface area contributed by atoms with Crippen molar-refractivity contribution >= 4 is 11.6 Å². The van der Waals surface area contributed by atoms with Gasteiger partial charge in [0.2, 0.25) is 0 Å². The van der Waals surface area contributed by atoms with Gasteiger partial charge in [-0.05, 0) is 19.1 Å². The van der Waals surface area contributed by atoms with Gasteiger partial charge in [-0.1, -0.05) is 0 Å². The number of nitrogens with zero attached hydrogens (tertiary/aromatic N) is 3. The molecular weight excluding hydrogens is 285 g/mol. The van der Waals surface area contributed by atoms with Crippen molar-refractivity contribution in [1.82, 2.24) is 4.98 Å². The highest BCUT2D eigenvalue weighted by Gasteiger charge is 2.33. The van der Waals surface area contributed by atoms with Gasteiger partial charge in [0.1, 0.15) is 11.6 Å². The maximum Gasteiger partial charge on any atom is 0.416 e. The van der Waals surface area contributed by atoms with Crippen molar-refractivity contribution in [2.75, 3.05) is 36.5 Å². The summed E-state index contributed by atoms with van der Waals surface area (Å²) < 4.78 is 44.0. The molecule has 0 amide bonds. The van der Waals surface area contributed by atoms with Crippen LogP contribution in [0.1, 0.15) is 12.5 Å². The van der Waals surface area contributed by atoms with Crippen LogP contribution in [0.4, 0.5) is 24.8 Å². The van der Waals surface area contributed by atoms with Crippen LogP contribution < -0.4 is 10.2 Å². The minimum absolute atomic E-state index is 0.169. The third-order valence-corrected chi connectivity index (χ3v) is 3.03. The third-order valence-electron chi connectivity index (χ3n) is 3.03. The molecular formula is C13H15F3N4O. The molecule has 1 fully saturated rings. The Morgan fingerprint density at radius 1 is 1.52 bits per heavy atom. The van der Waals surface area contributed by atoms with E-state index in [0.717, 1.165) is 12.1 Å². The average molecular weight is 300 g/mol. The zero-order valence-electron chi connectivity index (χ0n) is 11.4. The first-order valence-corrected chi connectivity index (χ1v) is 6.53. The van der Waals surface area contributed by atoms with Gasteiger partial charge in [-0.3, -0.25) is 0 Å². The van der Waals surface area contributed by atoms with Crippen molar-refractivity contribution in [3.05, 3.63) is 17.7 Å². The summed E-state index contributed by atoms with van der Waals surface area (Å²) in [6, 6.07) is 3.94. The summed E-state index contributed by atoms with van der Waals surface area (Å²) in [5, 5.41) is 11.7. The largest absolute Gasteiger partial charge is 0.416 e. The summed E-state index contributed by atoms with van der Waals surface area (Å²) in [6.07, 6.45) is -5.10. The van der Waals surface area contributed by atoms with Crippen LogP contribution in [0.2, 0.25) is 0 Å². The molecule has 1 aliphatic heterocycles. The Kier molecular flexibility index (Phi) is 4.53. The molecule has 1 aliphatic rings. The maximum atomic E-state index is 12.9. The van der Waals surface area contributed by atoms with Gasteiger partial charge in [0, 0.05) is 13.1 Å². The Bertz CT molecular complexity index is 541. The van der Waals surface area contributed by atoms with Gasteiger partial charge in [-0.15, -0.1) is 0 Å². The first-order chi connectivity index (χ1) is 9.94. The molecule has 0 saturated carbocycles. The van der Waals surface area contributed by atoms with Crippen molar-refractivity contribution in [1.29, 1.82) is 5.26 Å². The predicted molar refractivity (Wildman–Crippen MR) is 71.0 cm³/mol. The van der Waals surface area contributed by atoms with Crippen LogP contribution in [0.3, 0.4) is 0 Å². The summed E-state index contributed by atoms with van der Waals surface area (Å²) in [4.78, 5) is 5.81. The Labute approximate surface area is 120 Å². The third kappa shape index (κ3) is 3.76. The highest BCUT2D eigenvalue weighted by molar-refractivity contribution is 5.51. The van der Waals surface area contributed by atoms with Crippen LogP contribution in [-0.4, -0.2) is 37.3 Å². The number of nitrogens with one attached hydrogen (secondary N) is 1. The fourth-order valence-electron chi connectivity index (χ4n) is 2.05. The molecule has 5 nitrogen and oxygen atoms in total. The number of hydrogen-bond donors (Lipinski definition) is 1. The lowest BCUT2D eigenvalue weighted by molar-refractivity contribution is -0.137. The van der Waals surface area contributed by atoms with Crippen molar-refractivity contribution in [3.63, 3.8) is 0 Å². The number of halogens is 3. The van der Waals surface area contributed by atoms with Gasteiger partial charge >= 0.3 is 6.18 Å². The van der Waals surface area contributed by atoms with Gasteiger partial charge in [0.15, 0.2) is 6.10 Å². The molecule has 2 heterocycles. The summed E-state index contributed by atoms with van der Waals surface area (Å²) >= 11 is 0. The first kappa shape index (κ1) is 15.4. The Hall–Kier alpha value is -2.01. The van der Waals surface area contributed by atoms with E-state index in [9.17, 15) is 13.2 Å². The molecule has 1 N–H and O–H groups in total. The molecule has 0 bridgehead atoms. The minimum atomic E-state index is -4.44. The molecule has 0 aromatic carbocycles. The summed E-state index contributed by atoms with van der Waals surface area (Å²) in [7, 11) is 0. The smallest absolute Gasteiger partial charge is 0.370 e. The van der Waals surface area contributed by atoms with E-state index in [1.54, 1.807) is 11.8 Å². The van der Waals surface area contributed by atoms with Crippen molar-refractivity contribution < 1.29 is 17.9 Å². The Morgan fingerprint density at radius 2 is 2.29 bits per heavy atom. The monoisotopic (exact) mass is 300 g/mol. The summed E-state index contributed by atoms with van der Waals surface area (Å²) in [5.41, 5.74) is -0.761. The van der Waals surface area contributed by atoms with E-state index in [0.29, 0.717) is 13.1 Å². The number of pyridine rings is 1. The second-order valence-electron chi connectivity index (χ2n) is 4.56. The lowest BCUT2D eigenvalue weighted by Crippen LogP contribution is -2.42. The number of morpholine rings is 1. The normalized spacial score (nSPS) is 19.2. The zero-order valence-corrected chi connectivity index (χ0v) is 11.4. The number of rotatable bonds is 3. The molecule has 21 heavy (non-hydrogen) atoms. The first-order valence-electron chi connectivity index (χ1n) is 6.53. The highest BCUT2D eigenvalue weighted by atomic mass is 19.4. The number of aromatic nitrogens is 1. The number of hydrogen-bond acceptors (Lipinski definition) is 5. The van der Waals surface area contributed by atoms with E-state index in [1.807, 2.05) is 6.07 Å². The van der Waals surface area contributed by atoms with E-state index in [4.69, 9.17) is 10.00 Å². The zero-order chi connectivity index (χ0) is 15.5. The SMILES string of the molecule is CCNc1cc(C(F)(F)F)cc(N2CCOC(C#N)C2)n1. The Morgan fingerprint density at radius 3 is 2.90 bits per heavy atom. The minimum Gasteiger partial charge on any atom is -0.370 e. The lowest BCUT2D eigenvalue weighted by Gasteiger charge is -2.31. The molecule has 114 valence electrons. The molecule has 1 aromatic rings. The number of nitriles is 1. The van der Waals surface area contributed by atoms with Crippen LogP contribution >= 0.6 is 0 Å². The molecule has 2 rings (SSSR count). The molecule has 0 aliphatic carbocycles. The van der Waals surface area contributed by atoms with E-state index in [2.05, 4.69) is 10.3 Å². The van der Waals surface area contributed by atoms with Crippen LogP contribution in [0.15, 0.2) is 12.1 Å². The fourth-order valence-corrected chi connectivity index (χ4v) is 2.05. The van der Waals surface area contributed by atoms with E-state index < -0.39 is 17.8 Å². The molecule has 0 spiro atoms. The van der Waals surface area contributed by atoms with Gasteiger partial charge in [0.25, 0.3) is 0 Å². The van der Waals surface area contributed by atoms with Crippen molar-refractivity contribution in [3.8, 4) is 6.07 Å². The van der Waals surface area contributed by atoms with Crippen molar-refractivity contribution in [2.24, 2.45) is 0 Å². The second-order valence-corrected chi connectivity index (χ2v) is 4.56. The van der Waals surface area contributed by atoms with Crippen molar-refractivity contribution in [2.45, 2.75) is 19.2 Å². The van der Waals surface area contributed by atoms with Crippen LogP contribution in [0.25, 0.3) is 0 Å². The van der Waals surface area contributed by atoms with Crippen LogP contribution in [0.5, 0.6) is 0 Å². The molecule has 0 radical (unpaired) electrons. The van der Waals surface area contributed by atoms with Gasteiger partial charge in [-0.25, -0.2) is 4.98 Å². The number of ether oxygens (including phenoxy) is 1. The molecule has 1 unspecified atom stereocenters. The van der Waals surface area contributed by atoms with Crippen LogP contribution in [0, 0.1) is 11.3 Å². The Balaban J connectivity index is 2.33. The highest BCUT2D eigenvalue weighted by Crippen LogP contribution is 2.33. The molecule has 1 saturated heterocycles. The standard InChI is InChI=1S/C13H15F3N4O/c1-2-18-11-5-9(13(14,15)16)6-12(19-11)20-3-4-21-10(7-17)8-20/h5-6,10H,2-4,8H2,1H3,(H,18,19).